The number of carboxylic acid groups (broad SMARTS) is 1. The van der Waals surface area contributed by atoms with Gasteiger partial charge in [0.05, 0.1) is 17.0 Å². The molecular formula is C15H14FNO4S. The van der Waals surface area contributed by atoms with Crippen molar-refractivity contribution in [2.75, 3.05) is 10.8 Å². The maximum Gasteiger partial charge on any atom is 0.305 e. The van der Waals surface area contributed by atoms with E-state index in [1.165, 1.54) is 30.3 Å². The van der Waals surface area contributed by atoms with E-state index in [2.05, 4.69) is 0 Å². The highest BCUT2D eigenvalue weighted by atomic mass is 32.2. The van der Waals surface area contributed by atoms with Crippen LogP contribution in [0.1, 0.15) is 6.42 Å². The van der Waals surface area contributed by atoms with Crippen molar-refractivity contribution in [3.63, 3.8) is 0 Å². The van der Waals surface area contributed by atoms with Crippen LogP contribution in [0.2, 0.25) is 0 Å². The Kier molecular flexibility index (Phi) is 4.77. The van der Waals surface area contributed by atoms with Crippen LogP contribution in [-0.4, -0.2) is 26.0 Å². The molecule has 116 valence electrons. The third-order valence-electron chi connectivity index (χ3n) is 2.96. The Balaban J connectivity index is 2.46. The number of sulfonamides is 1. The van der Waals surface area contributed by atoms with Gasteiger partial charge in [0, 0.05) is 6.54 Å². The molecule has 0 heterocycles. The second-order valence-electron chi connectivity index (χ2n) is 4.51. The van der Waals surface area contributed by atoms with Gasteiger partial charge in [-0.2, -0.15) is 0 Å². The Hall–Kier alpha value is -2.41. The van der Waals surface area contributed by atoms with E-state index in [1.807, 2.05) is 0 Å². The van der Waals surface area contributed by atoms with Crippen molar-refractivity contribution in [3.8, 4) is 0 Å². The number of nitrogens with zero attached hydrogens (tertiary/aromatic N) is 1. The zero-order valence-corrected chi connectivity index (χ0v) is 12.3. The lowest BCUT2D eigenvalue weighted by molar-refractivity contribution is -0.136. The Morgan fingerprint density at radius 3 is 2.36 bits per heavy atom. The van der Waals surface area contributed by atoms with Crippen LogP contribution in [0.3, 0.4) is 0 Å². The molecule has 0 aliphatic heterocycles. The first-order valence-corrected chi connectivity index (χ1v) is 7.90. The SMILES string of the molecule is O=C(O)CCN(c1cccc(F)c1)S(=O)(=O)c1ccccc1. The van der Waals surface area contributed by atoms with Gasteiger partial charge in [-0.1, -0.05) is 24.3 Å². The third-order valence-corrected chi connectivity index (χ3v) is 4.80. The molecule has 0 saturated carbocycles. The number of aliphatic carboxylic acids is 1. The molecule has 2 aromatic carbocycles. The standard InChI is InChI=1S/C15H14FNO4S/c16-12-5-4-6-13(11-12)17(10-9-15(18)19)22(20,21)14-7-2-1-3-8-14/h1-8,11H,9-10H2,(H,18,19). The number of benzene rings is 2. The number of carbonyl (C=O) groups is 1. The Morgan fingerprint density at radius 1 is 1.09 bits per heavy atom. The Morgan fingerprint density at radius 2 is 1.77 bits per heavy atom. The van der Waals surface area contributed by atoms with Gasteiger partial charge in [0.15, 0.2) is 0 Å². The van der Waals surface area contributed by atoms with Crippen LogP contribution in [0.4, 0.5) is 10.1 Å². The summed E-state index contributed by atoms with van der Waals surface area (Å²) in [6, 6.07) is 12.6. The molecular weight excluding hydrogens is 309 g/mol. The molecule has 0 aliphatic rings. The first-order chi connectivity index (χ1) is 10.4. The summed E-state index contributed by atoms with van der Waals surface area (Å²) in [5.74, 6) is -1.73. The minimum absolute atomic E-state index is 0.0182. The van der Waals surface area contributed by atoms with Crippen LogP contribution in [0.25, 0.3) is 0 Å². The molecule has 5 nitrogen and oxygen atoms in total. The summed E-state index contributed by atoms with van der Waals surface area (Å²) < 4.78 is 39.6. The van der Waals surface area contributed by atoms with Crippen LogP contribution in [0.15, 0.2) is 59.5 Å². The van der Waals surface area contributed by atoms with Crippen LogP contribution in [0, 0.1) is 5.82 Å². The summed E-state index contributed by atoms with van der Waals surface area (Å²) >= 11 is 0. The lowest BCUT2D eigenvalue weighted by Crippen LogP contribution is -2.33. The predicted octanol–water partition coefficient (Wildman–Crippen LogP) is 2.50. The third kappa shape index (κ3) is 3.62. The van der Waals surface area contributed by atoms with Crippen molar-refractivity contribution in [2.45, 2.75) is 11.3 Å². The van der Waals surface area contributed by atoms with Crippen LogP contribution >= 0.6 is 0 Å². The summed E-state index contributed by atoms with van der Waals surface area (Å²) in [5, 5.41) is 8.80. The molecule has 0 bridgehead atoms. The molecule has 22 heavy (non-hydrogen) atoms. The number of carboxylic acids is 1. The van der Waals surface area contributed by atoms with E-state index in [0.29, 0.717) is 0 Å². The number of hydrogen-bond donors (Lipinski definition) is 1. The van der Waals surface area contributed by atoms with Crippen molar-refractivity contribution in [2.24, 2.45) is 0 Å². The first kappa shape index (κ1) is 16.0. The topological polar surface area (TPSA) is 74.7 Å². The molecule has 0 atom stereocenters. The molecule has 0 fully saturated rings. The second-order valence-corrected chi connectivity index (χ2v) is 6.38. The fourth-order valence-corrected chi connectivity index (χ4v) is 3.41. The second kappa shape index (κ2) is 6.57. The largest absolute Gasteiger partial charge is 0.481 e. The van der Waals surface area contributed by atoms with E-state index in [0.717, 1.165) is 10.4 Å². The lowest BCUT2D eigenvalue weighted by atomic mass is 10.3. The van der Waals surface area contributed by atoms with E-state index >= 15 is 0 Å². The highest BCUT2D eigenvalue weighted by Crippen LogP contribution is 2.24. The van der Waals surface area contributed by atoms with E-state index in [9.17, 15) is 17.6 Å². The minimum Gasteiger partial charge on any atom is -0.481 e. The molecule has 0 saturated heterocycles. The normalized spacial score (nSPS) is 11.1. The summed E-state index contributed by atoms with van der Waals surface area (Å²) in [6.07, 6.45) is -0.386. The molecule has 2 rings (SSSR count). The van der Waals surface area contributed by atoms with Gasteiger partial charge < -0.3 is 5.11 Å². The predicted molar refractivity (Wildman–Crippen MR) is 79.6 cm³/mol. The van der Waals surface area contributed by atoms with Gasteiger partial charge in [-0.25, -0.2) is 12.8 Å². The van der Waals surface area contributed by atoms with Crippen LogP contribution < -0.4 is 4.31 Å². The molecule has 0 aliphatic carbocycles. The molecule has 0 amide bonds. The van der Waals surface area contributed by atoms with Gasteiger partial charge >= 0.3 is 5.97 Å². The van der Waals surface area contributed by atoms with E-state index in [4.69, 9.17) is 5.11 Å². The summed E-state index contributed by atoms with van der Waals surface area (Å²) in [5.41, 5.74) is 0.0881. The molecule has 0 unspecified atom stereocenters. The smallest absolute Gasteiger partial charge is 0.305 e. The average molecular weight is 323 g/mol. The highest BCUT2D eigenvalue weighted by molar-refractivity contribution is 7.92. The number of rotatable bonds is 6. The molecule has 2 aromatic rings. The van der Waals surface area contributed by atoms with Gasteiger partial charge in [0.2, 0.25) is 0 Å². The van der Waals surface area contributed by atoms with Crippen molar-refractivity contribution >= 4 is 21.7 Å². The molecule has 0 aromatic heterocycles. The number of anilines is 1. The zero-order chi connectivity index (χ0) is 16.2. The van der Waals surface area contributed by atoms with Gasteiger partial charge in [-0.15, -0.1) is 0 Å². The molecule has 0 radical (unpaired) electrons. The lowest BCUT2D eigenvalue weighted by Gasteiger charge is -2.24. The summed E-state index contributed by atoms with van der Waals surface area (Å²) in [7, 11) is -3.96. The zero-order valence-electron chi connectivity index (χ0n) is 11.5. The Bertz CT molecular complexity index is 762. The number of halogens is 1. The molecule has 0 spiro atoms. The monoisotopic (exact) mass is 323 g/mol. The van der Waals surface area contributed by atoms with E-state index in [1.54, 1.807) is 18.2 Å². The highest BCUT2D eigenvalue weighted by Gasteiger charge is 2.25. The summed E-state index contributed by atoms with van der Waals surface area (Å²) in [4.78, 5) is 10.8. The Labute approximate surface area is 127 Å². The van der Waals surface area contributed by atoms with Crippen molar-refractivity contribution < 1.29 is 22.7 Å². The fraction of sp³-hybridized carbons (Fsp3) is 0.133. The van der Waals surface area contributed by atoms with Gasteiger partial charge in [0.25, 0.3) is 10.0 Å². The van der Waals surface area contributed by atoms with Crippen molar-refractivity contribution in [3.05, 3.63) is 60.4 Å². The van der Waals surface area contributed by atoms with Crippen molar-refractivity contribution in [1.82, 2.24) is 0 Å². The molecule has 7 heteroatoms. The van der Waals surface area contributed by atoms with Crippen LogP contribution in [0.5, 0.6) is 0 Å². The van der Waals surface area contributed by atoms with Crippen LogP contribution in [-0.2, 0) is 14.8 Å². The molecule has 1 N–H and O–H groups in total. The first-order valence-electron chi connectivity index (χ1n) is 6.46. The fourth-order valence-electron chi connectivity index (χ4n) is 1.94. The quantitative estimate of drug-likeness (QED) is 0.886. The van der Waals surface area contributed by atoms with Gasteiger partial charge in [0.1, 0.15) is 5.82 Å². The van der Waals surface area contributed by atoms with Gasteiger partial charge in [-0.05, 0) is 30.3 Å². The van der Waals surface area contributed by atoms with E-state index in [-0.39, 0.29) is 23.5 Å². The number of hydrogen-bond acceptors (Lipinski definition) is 3. The maximum absolute atomic E-state index is 13.4. The average Bonchev–Trinajstić information content (AvgIpc) is 2.48. The van der Waals surface area contributed by atoms with Gasteiger partial charge in [-0.3, -0.25) is 9.10 Å². The maximum atomic E-state index is 13.4. The van der Waals surface area contributed by atoms with E-state index < -0.39 is 21.8 Å². The minimum atomic E-state index is -3.96. The summed E-state index contributed by atoms with van der Waals surface area (Å²) in [6.45, 7) is -0.282. The van der Waals surface area contributed by atoms with Crippen molar-refractivity contribution in [1.29, 1.82) is 0 Å².